The second-order valence-corrected chi connectivity index (χ2v) is 6.51. The van der Waals surface area contributed by atoms with E-state index in [1.54, 1.807) is 36.3 Å². The van der Waals surface area contributed by atoms with Crippen molar-refractivity contribution in [3.63, 3.8) is 0 Å². The first-order chi connectivity index (χ1) is 11.0. The number of hydrogen-bond donors (Lipinski definition) is 0. The summed E-state index contributed by atoms with van der Waals surface area (Å²) in [6, 6.07) is 6.77. The van der Waals surface area contributed by atoms with Crippen molar-refractivity contribution in [3.8, 4) is 5.75 Å². The van der Waals surface area contributed by atoms with Crippen molar-refractivity contribution in [2.45, 2.75) is 20.3 Å². The molecular weight excluding hydrogens is 294 g/mol. The highest BCUT2D eigenvalue weighted by Gasteiger charge is 2.28. The number of rotatable bonds is 2. The van der Waals surface area contributed by atoms with Gasteiger partial charge in [-0.1, -0.05) is 13.8 Å². The number of benzene rings is 1. The van der Waals surface area contributed by atoms with E-state index in [0.717, 1.165) is 6.42 Å². The molecule has 0 saturated carbocycles. The molecule has 5 nitrogen and oxygen atoms in total. The molecule has 2 heterocycles. The highest BCUT2D eigenvalue weighted by Crippen LogP contribution is 2.24. The molecule has 1 amide bonds. The molecule has 0 N–H and O–H groups in total. The predicted molar refractivity (Wildman–Crippen MR) is 87.9 cm³/mol. The molecule has 1 aromatic carbocycles. The molecule has 2 atom stereocenters. The number of nitrogens with zero attached hydrogens (tertiary/aromatic N) is 1. The molecule has 1 saturated heterocycles. The van der Waals surface area contributed by atoms with Gasteiger partial charge in [-0.2, -0.15) is 0 Å². The van der Waals surface area contributed by atoms with Gasteiger partial charge < -0.3 is 14.1 Å². The molecule has 1 aliphatic heterocycles. The molecule has 0 spiro atoms. The second-order valence-electron chi connectivity index (χ2n) is 6.51. The monoisotopic (exact) mass is 315 g/mol. The number of ether oxygens (including phenoxy) is 1. The van der Waals surface area contributed by atoms with Gasteiger partial charge in [0.2, 0.25) is 0 Å². The molecular formula is C18H21NO4. The van der Waals surface area contributed by atoms with E-state index in [1.807, 2.05) is 0 Å². The average molecular weight is 315 g/mol. The van der Waals surface area contributed by atoms with Gasteiger partial charge in [0, 0.05) is 18.5 Å². The number of amides is 1. The van der Waals surface area contributed by atoms with E-state index in [1.165, 1.54) is 0 Å². The number of hydrogen-bond acceptors (Lipinski definition) is 4. The fourth-order valence-electron chi connectivity index (χ4n) is 3.38. The lowest BCUT2D eigenvalue weighted by Crippen LogP contribution is -2.43. The van der Waals surface area contributed by atoms with Gasteiger partial charge in [-0.05, 0) is 42.5 Å². The van der Waals surface area contributed by atoms with Crippen molar-refractivity contribution in [2.75, 3.05) is 20.2 Å². The van der Waals surface area contributed by atoms with E-state index in [0.29, 0.717) is 41.6 Å². The van der Waals surface area contributed by atoms with Crippen LogP contribution in [-0.4, -0.2) is 31.0 Å². The smallest absolute Gasteiger partial charge is 0.349 e. The van der Waals surface area contributed by atoms with E-state index in [2.05, 4.69) is 13.8 Å². The van der Waals surface area contributed by atoms with Crippen molar-refractivity contribution in [1.29, 1.82) is 0 Å². The van der Waals surface area contributed by atoms with Gasteiger partial charge in [0.1, 0.15) is 16.9 Å². The number of likely N-dealkylation sites (tertiary alicyclic amines) is 1. The van der Waals surface area contributed by atoms with Crippen molar-refractivity contribution in [3.05, 3.63) is 40.2 Å². The van der Waals surface area contributed by atoms with Crippen LogP contribution in [0.5, 0.6) is 5.75 Å². The molecule has 1 aliphatic rings. The first-order valence-electron chi connectivity index (χ1n) is 7.89. The number of carbonyl (C=O) groups excluding carboxylic acids is 1. The van der Waals surface area contributed by atoms with Crippen LogP contribution in [0, 0.1) is 11.8 Å². The maximum atomic E-state index is 12.7. The van der Waals surface area contributed by atoms with Gasteiger partial charge in [-0.15, -0.1) is 0 Å². The summed E-state index contributed by atoms with van der Waals surface area (Å²) in [5.74, 6) is 1.29. The molecule has 0 aliphatic carbocycles. The van der Waals surface area contributed by atoms with Crippen LogP contribution in [0.4, 0.5) is 0 Å². The van der Waals surface area contributed by atoms with Gasteiger partial charge >= 0.3 is 5.63 Å². The van der Waals surface area contributed by atoms with E-state index < -0.39 is 5.63 Å². The maximum absolute atomic E-state index is 12.7. The molecule has 5 heteroatoms. The Labute approximate surface area is 134 Å². The lowest BCUT2D eigenvalue weighted by molar-refractivity contribution is 0.0619. The molecule has 122 valence electrons. The molecule has 1 aromatic heterocycles. The first-order valence-corrected chi connectivity index (χ1v) is 7.89. The van der Waals surface area contributed by atoms with Crippen LogP contribution in [0.3, 0.4) is 0 Å². The van der Waals surface area contributed by atoms with Gasteiger partial charge in [0.05, 0.1) is 7.11 Å². The number of methoxy groups -OCH3 is 1. The van der Waals surface area contributed by atoms with Crippen molar-refractivity contribution >= 4 is 16.9 Å². The van der Waals surface area contributed by atoms with Crippen molar-refractivity contribution in [2.24, 2.45) is 11.8 Å². The Hall–Kier alpha value is -2.30. The summed E-state index contributed by atoms with van der Waals surface area (Å²) >= 11 is 0. The highest BCUT2D eigenvalue weighted by molar-refractivity contribution is 5.96. The molecule has 1 fully saturated rings. The summed E-state index contributed by atoms with van der Waals surface area (Å²) < 4.78 is 10.5. The summed E-state index contributed by atoms with van der Waals surface area (Å²) in [4.78, 5) is 26.7. The van der Waals surface area contributed by atoms with Crippen molar-refractivity contribution in [1.82, 2.24) is 4.90 Å². The van der Waals surface area contributed by atoms with Crippen molar-refractivity contribution < 1.29 is 13.9 Å². The average Bonchev–Trinajstić information content (AvgIpc) is 2.52. The number of piperidine rings is 1. The fraction of sp³-hybridized carbons (Fsp3) is 0.444. The van der Waals surface area contributed by atoms with Gasteiger partial charge in [0.25, 0.3) is 5.91 Å². The molecule has 3 rings (SSSR count). The maximum Gasteiger partial charge on any atom is 0.349 e. The van der Waals surface area contributed by atoms with Crippen LogP contribution in [0.1, 0.15) is 30.6 Å². The second kappa shape index (κ2) is 6.07. The topological polar surface area (TPSA) is 59.8 Å². The molecule has 2 aromatic rings. The third-order valence-corrected chi connectivity index (χ3v) is 4.33. The van der Waals surface area contributed by atoms with Crippen LogP contribution in [0.25, 0.3) is 11.0 Å². The lowest BCUT2D eigenvalue weighted by atomic mass is 9.91. The Morgan fingerprint density at radius 3 is 2.57 bits per heavy atom. The fourth-order valence-corrected chi connectivity index (χ4v) is 3.38. The third-order valence-electron chi connectivity index (χ3n) is 4.33. The summed E-state index contributed by atoms with van der Waals surface area (Å²) in [6.45, 7) is 5.62. The van der Waals surface area contributed by atoms with Crippen LogP contribution >= 0.6 is 0 Å². The Morgan fingerprint density at radius 1 is 1.22 bits per heavy atom. The van der Waals surface area contributed by atoms with E-state index in [-0.39, 0.29) is 11.5 Å². The standard InChI is InChI=1S/C18H21NO4/c1-11-6-12(2)10-19(9-11)17(20)15-8-13-7-14(22-3)4-5-16(13)23-18(15)21/h4-5,7-8,11-12H,6,9-10H2,1-3H3. The molecule has 0 radical (unpaired) electrons. The van der Waals surface area contributed by atoms with E-state index in [9.17, 15) is 9.59 Å². The minimum Gasteiger partial charge on any atom is -0.497 e. The molecule has 2 unspecified atom stereocenters. The van der Waals surface area contributed by atoms with E-state index >= 15 is 0 Å². The summed E-state index contributed by atoms with van der Waals surface area (Å²) in [5, 5.41) is 0.686. The largest absolute Gasteiger partial charge is 0.497 e. The first kappa shape index (κ1) is 15.6. The Kier molecular flexibility index (Phi) is 4.11. The van der Waals surface area contributed by atoms with Gasteiger partial charge in [0.15, 0.2) is 0 Å². The van der Waals surface area contributed by atoms with Gasteiger partial charge in [-0.25, -0.2) is 4.79 Å². The predicted octanol–water partition coefficient (Wildman–Crippen LogP) is 2.92. The van der Waals surface area contributed by atoms with Crippen LogP contribution in [0.15, 0.2) is 33.5 Å². The summed E-state index contributed by atoms with van der Waals surface area (Å²) in [5.41, 5.74) is -0.0432. The Bertz CT molecular complexity index is 785. The quantitative estimate of drug-likeness (QED) is 0.800. The lowest BCUT2D eigenvalue weighted by Gasteiger charge is -2.34. The third kappa shape index (κ3) is 3.09. The number of carbonyl (C=O) groups is 1. The zero-order chi connectivity index (χ0) is 16.6. The minimum absolute atomic E-state index is 0.0899. The Balaban J connectivity index is 1.99. The molecule has 23 heavy (non-hydrogen) atoms. The molecule has 0 bridgehead atoms. The number of fused-ring (bicyclic) bond motifs is 1. The SMILES string of the molecule is COc1ccc2oc(=O)c(C(=O)N3CC(C)CC(C)C3)cc2c1. The highest BCUT2D eigenvalue weighted by atomic mass is 16.5. The van der Waals surface area contributed by atoms with Gasteiger partial charge in [-0.3, -0.25) is 4.79 Å². The summed E-state index contributed by atoms with van der Waals surface area (Å²) in [7, 11) is 1.57. The summed E-state index contributed by atoms with van der Waals surface area (Å²) in [6.07, 6.45) is 1.10. The van der Waals surface area contributed by atoms with E-state index in [4.69, 9.17) is 9.15 Å². The zero-order valence-electron chi connectivity index (χ0n) is 13.7. The van der Waals surface area contributed by atoms with Crippen LogP contribution in [0.2, 0.25) is 0 Å². The zero-order valence-corrected chi connectivity index (χ0v) is 13.7. The van der Waals surface area contributed by atoms with Crippen LogP contribution in [-0.2, 0) is 0 Å². The Morgan fingerprint density at radius 2 is 1.91 bits per heavy atom. The minimum atomic E-state index is -0.585. The normalized spacial score (nSPS) is 21.4. The van der Waals surface area contributed by atoms with Crippen LogP contribution < -0.4 is 10.4 Å².